The third-order valence-corrected chi connectivity index (χ3v) is 2.82. The molecular formula is C14H12N2O2. The predicted molar refractivity (Wildman–Crippen MR) is 72.9 cm³/mol. The zero-order chi connectivity index (χ0) is 12.5. The molecule has 0 atom stereocenters. The fraction of sp³-hybridized carbons (Fsp3) is 0.0714. The summed E-state index contributed by atoms with van der Waals surface area (Å²) in [6, 6.07) is 11.9. The molecule has 3 rings (SSSR count). The van der Waals surface area contributed by atoms with Crippen LogP contribution in [0.5, 0.6) is 5.95 Å². The predicted octanol–water partition coefficient (Wildman–Crippen LogP) is 3.55. The molecule has 18 heavy (non-hydrogen) atoms. The van der Waals surface area contributed by atoms with E-state index in [2.05, 4.69) is 5.16 Å². The van der Waals surface area contributed by atoms with Crippen LogP contribution < -0.4 is 10.6 Å². The van der Waals surface area contributed by atoms with Crippen molar-refractivity contribution < 1.29 is 9.25 Å². The van der Waals surface area contributed by atoms with Gasteiger partial charge >= 0.3 is 5.95 Å². The van der Waals surface area contributed by atoms with E-state index in [1.165, 1.54) is 6.21 Å². The zero-order valence-electron chi connectivity index (χ0n) is 9.88. The molecule has 4 nitrogen and oxygen atoms in total. The first-order valence-electron chi connectivity index (χ1n) is 5.66. The largest absolute Gasteiger partial charge is 0.422 e. The Kier molecular flexibility index (Phi) is 2.41. The van der Waals surface area contributed by atoms with Gasteiger partial charge in [-0.2, -0.15) is 0 Å². The normalized spacial score (nSPS) is 11.6. The summed E-state index contributed by atoms with van der Waals surface area (Å²) in [5.41, 5.74) is 7.23. The number of rotatable bonds is 2. The van der Waals surface area contributed by atoms with Gasteiger partial charge in [-0.15, -0.1) is 0 Å². The number of fused-ring (bicyclic) bond motifs is 3. The van der Waals surface area contributed by atoms with Crippen LogP contribution in [0, 0.1) is 0 Å². The van der Waals surface area contributed by atoms with Gasteiger partial charge in [0.1, 0.15) is 11.3 Å². The van der Waals surface area contributed by atoms with Crippen molar-refractivity contribution in [3.8, 4) is 5.95 Å². The van der Waals surface area contributed by atoms with Crippen LogP contribution in [0.15, 0.2) is 46.0 Å². The second-order valence-corrected chi connectivity index (χ2v) is 3.92. The van der Waals surface area contributed by atoms with Crippen LogP contribution in [0.1, 0.15) is 6.92 Å². The van der Waals surface area contributed by atoms with Crippen LogP contribution in [-0.4, -0.2) is 6.21 Å². The lowest BCUT2D eigenvalue weighted by Gasteiger charge is -1.98. The topological polar surface area (TPSA) is 60.8 Å². The molecule has 2 aromatic carbocycles. The highest BCUT2D eigenvalue weighted by Gasteiger charge is 2.15. The quantitative estimate of drug-likeness (QED) is 0.550. The maximum atomic E-state index is 6.05. The summed E-state index contributed by atoms with van der Waals surface area (Å²) in [5, 5.41) is 6.71. The molecule has 0 aliphatic heterocycles. The number of oxime groups is 1. The molecule has 0 spiro atoms. The third kappa shape index (κ3) is 1.50. The minimum absolute atomic E-state index is 0.236. The number of furan rings is 1. The first-order valence-corrected chi connectivity index (χ1v) is 5.66. The lowest BCUT2D eigenvalue weighted by Crippen LogP contribution is -1.88. The van der Waals surface area contributed by atoms with Gasteiger partial charge in [0.25, 0.3) is 0 Å². The van der Waals surface area contributed by atoms with Crippen LogP contribution in [-0.2, 0) is 0 Å². The summed E-state index contributed by atoms with van der Waals surface area (Å²) in [6.45, 7) is 1.76. The van der Waals surface area contributed by atoms with Crippen molar-refractivity contribution in [1.82, 2.24) is 0 Å². The molecule has 0 saturated heterocycles. The first kappa shape index (κ1) is 10.7. The number of benzene rings is 2. The van der Waals surface area contributed by atoms with Crippen molar-refractivity contribution in [1.29, 1.82) is 0 Å². The van der Waals surface area contributed by atoms with E-state index in [4.69, 9.17) is 15.0 Å². The van der Waals surface area contributed by atoms with Crippen LogP contribution in [0.4, 0.5) is 5.69 Å². The van der Waals surface area contributed by atoms with Crippen LogP contribution >= 0.6 is 0 Å². The Morgan fingerprint density at radius 3 is 2.89 bits per heavy atom. The molecule has 0 amide bonds. The van der Waals surface area contributed by atoms with Crippen LogP contribution in [0.25, 0.3) is 21.7 Å². The van der Waals surface area contributed by atoms with E-state index >= 15 is 0 Å². The number of nitrogens with two attached hydrogens (primary N) is 1. The molecule has 0 radical (unpaired) electrons. The molecule has 3 aromatic rings. The highest BCUT2D eigenvalue weighted by Crippen LogP contribution is 2.38. The molecular weight excluding hydrogens is 228 g/mol. The smallest absolute Gasteiger partial charge is 0.339 e. The van der Waals surface area contributed by atoms with Crippen molar-refractivity contribution in [2.24, 2.45) is 5.16 Å². The number of hydrogen-bond donors (Lipinski definition) is 1. The number of nitrogen functional groups attached to an aromatic ring is 1. The lowest BCUT2D eigenvalue weighted by atomic mass is 10.1. The monoisotopic (exact) mass is 240 g/mol. The Hall–Kier alpha value is -2.49. The fourth-order valence-corrected chi connectivity index (χ4v) is 2.04. The Labute approximate surface area is 104 Å². The Morgan fingerprint density at radius 1 is 1.22 bits per heavy atom. The van der Waals surface area contributed by atoms with Crippen molar-refractivity contribution in [2.75, 3.05) is 5.73 Å². The maximum absolute atomic E-state index is 6.05. The van der Waals surface area contributed by atoms with E-state index < -0.39 is 0 Å². The molecule has 1 aromatic heterocycles. The van der Waals surface area contributed by atoms with Crippen molar-refractivity contribution in [2.45, 2.75) is 6.92 Å². The van der Waals surface area contributed by atoms with E-state index in [0.717, 1.165) is 16.2 Å². The fourth-order valence-electron chi connectivity index (χ4n) is 2.04. The molecule has 4 heteroatoms. The standard InChI is InChI=1S/C14H12N2O2/c1-2-16-18-14-13(15)12-10-6-4-3-5-9(10)7-8-11(12)17-14/h2-8H,15H2,1H3/b16-2-. The number of hydrogen-bond acceptors (Lipinski definition) is 4. The summed E-state index contributed by atoms with van der Waals surface area (Å²) in [5.74, 6) is 0.236. The summed E-state index contributed by atoms with van der Waals surface area (Å²) in [6.07, 6.45) is 1.53. The van der Waals surface area contributed by atoms with Gasteiger partial charge < -0.3 is 15.0 Å². The van der Waals surface area contributed by atoms with Gasteiger partial charge in [-0.1, -0.05) is 35.5 Å². The highest BCUT2D eigenvalue weighted by molar-refractivity contribution is 6.12. The minimum atomic E-state index is 0.236. The van der Waals surface area contributed by atoms with Gasteiger partial charge in [0.2, 0.25) is 0 Å². The molecule has 90 valence electrons. The second-order valence-electron chi connectivity index (χ2n) is 3.92. The van der Waals surface area contributed by atoms with Gasteiger partial charge in [0, 0.05) is 6.21 Å². The van der Waals surface area contributed by atoms with Crippen molar-refractivity contribution in [3.05, 3.63) is 36.4 Å². The number of nitrogens with zero attached hydrogens (tertiary/aromatic N) is 1. The number of anilines is 1. The first-order chi connectivity index (χ1) is 8.81. The van der Waals surface area contributed by atoms with Gasteiger partial charge in [-0.25, -0.2) is 0 Å². The van der Waals surface area contributed by atoms with Crippen LogP contribution in [0.2, 0.25) is 0 Å². The van der Waals surface area contributed by atoms with E-state index in [1.54, 1.807) is 6.92 Å². The minimum Gasteiger partial charge on any atom is -0.422 e. The zero-order valence-corrected chi connectivity index (χ0v) is 9.88. The third-order valence-electron chi connectivity index (χ3n) is 2.82. The van der Waals surface area contributed by atoms with E-state index in [1.807, 2.05) is 36.4 Å². The van der Waals surface area contributed by atoms with Crippen LogP contribution in [0.3, 0.4) is 0 Å². The Morgan fingerprint density at radius 2 is 2.06 bits per heavy atom. The van der Waals surface area contributed by atoms with Gasteiger partial charge in [0.15, 0.2) is 0 Å². The summed E-state index contributed by atoms with van der Waals surface area (Å²) in [4.78, 5) is 5.10. The molecule has 0 aliphatic carbocycles. The van der Waals surface area contributed by atoms with Gasteiger partial charge in [-0.3, -0.25) is 0 Å². The highest BCUT2D eigenvalue weighted by atomic mass is 16.7. The molecule has 0 fully saturated rings. The van der Waals surface area contributed by atoms with Gasteiger partial charge in [-0.05, 0) is 23.8 Å². The lowest BCUT2D eigenvalue weighted by molar-refractivity contribution is 0.268. The van der Waals surface area contributed by atoms with E-state index in [9.17, 15) is 0 Å². The maximum Gasteiger partial charge on any atom is 0.339 e. The molecule has 2 N–H and O–H groups in total. The SMILES string of the molecule is C/C=N\Oc1oc2ccc3ccccc3c2c1N. The van der Waals surface area contributed by atoms with Crippen molar-refractivity contribution >= 4 is 33.6 Å². The molecule has 0 unspecified atom stereocenters. The van der Waals surface area contributed by atoms with E-state index in [0.29, 0.717) is 11.3 Å². The molecule has 0 bridgehead atoms. The Balaban J connectivity index is 2.33. The second kappa shape index (κ2) is 4.07. The van der Waals surface area contributed by atoms with Gasteiger partial charge in [0.05, 0.1) is 5.39 Å². The molecule has 0 saturated carbocycles. The average molecular weight is 240 g/mol. The summed E-state index contributed by atoms with van der Waals surface area (Å²) >= 11 is 0. The summed E-state index contributed by atoms with van der Waals surface area (Å²) in [7, 11) is 0. The average Bonchev–Trinajstić information content (AvgIpc) is 2.73. The molecule has 1 heterocycles. The van der Waals surface area contributed by atoms with E-state index in [-0.39, 0.29) is 5.95 Å². The Bertz CT molecular complexity index is 744. The molecule has 0 aliphatic rings. The van der Waals surface area contributed by atoms with Crippen molar-refractivity contribution in [3.63, 3.8) is 0 Å². The summed E-state index contributed by atoms with van der Waals surface area (Å²) < 4.78 is 5.55.